The first-order valence-corrected chi connectivity index (χ1v) is 8.97. The molecular formula is C17H30N2S. The van der Waals surface area contributed by atoms with E-state index in [1.54, 1.807) is 0 Å². The summed E-state index contributed by atoms with van der Waals surface area (Å²) in [5, 5.41) is 3.61. The van der Waals surface area contributed by atoms with E-state index in [9.17, 15) is 0 Å². The van der Waals surface area contributed by atoms with Gasteiger partial charge in [-0.25, -0.2) is 0 Å². The first-order chi connectivity index (χ1) is 9.65. The fraction of sp³-hybridized carbons (Fsp3) is 0.765. The van der Waals surface area contributed by atoms with Gasteiger partial charge in [0.2, 0.25) is 0 Å². The second-order valence-electron chi connectivity index (χ2n) is 6.52. The summed E-state index contributed by atoms with van der Waals surface area (Å²) in [6.45, 7) is 11.4. The van der Waals surface area contributed by atoms with Crippen LogP contribution in [0.4, 0.5) is 0 Å². The van der Waals surface area contributed by atoms with Crippen molar-refractivity contribution in [1.29, 1.82) is 0 Å². The lowest BCUT2D eigenvalue weighted by Crippen LogP contribution is -2.40. The molecule has 0 radical (unpaired) electrons. The van der Waals surface area contributed by atoms with Gasteiger partial charge in [-0.2, -0.15) is 0 Å². The highest BCUT2D eigenvalue weighted by molar-refractivity contribution is 7.11. The average Bonchev–Trinajstić information content (AvgIpc) is 3.04. The molecule has 3 heteroatoms. The standard InChI is InChI=1S/C17H30N2S/c1-14(2)13-19(16-6-4-5-7-16)11-10-18-12-17-9-8-15(3)20-17/h8-9,14,16,18H,4-7,10-13H2,1-3H3. The molecule has 0 spiro atoms. The minimum Gasteiger partial charge on any atom is -0.311 e. The molecule has 1 fully saturated rings. The molecule has 0 unspecified atom stereocenters. The maximum atomic E-state index is 3.61. The summed E-state index contributed by atoms with van der Waals surface area (Å²) in [6, 6.07) is 5.31. The van der Waals surface area contributed by atoms with Crippen molar-refractivity contribution in [2.24, 2.45) is 5.92 Å². The van der Waals surface area contributed by atoms with Gasteiger partial charge in [-0.15, -0.1) is 11.3 Å². The smallest absolute Gasteiger partial charge is 0.0300 e. The van der Waals surface area contributed by atoms with Crippen LogP contribution in [-0.2, 0) is 6.54 Å². The third-order valence-electron chi connectivity index (χ3n) is 4.11. The van der Waals surface area contributed by atoms with E-state index in [0.29, 0.717) is 0 Å². The Morgan fingerprint density at radius 1 is 1.30 bits per heavy atom. The molecule has 1 aromatic rings. The van der Waals surface area contributed by atoms with Crippen LogP contribution < -0.4 is 5.32 Å². The maximum Gasteiger partial charge on any atom is 0.0300 e. The molecular weight excluding hydrogens is 264 g/mol. The number of rotatable bonds is 8. The number of nitrogens with zero attached hydrogens (tertiary/aromatic N) is 1. The molecule has 2 nitrogen and oxygen atoms in total. The predicted molar refractivity (Wildman–Crippen MR) is 89.4 cm³/mol. The number of hydrogen-bond donors (Lipinski definition) is 1. The van der Waals surface area contributed by atoms with Crippen molar-refractivity contribution in [3.63, 3.8) is 0 Å². The molecule has 1 N–H and O–H groups in total. The molecule has 0 bridgehead atoms. The molecule has 2 rings (SSSR count). The average molecular weight is 295 g/mol. The molecule has 0 saturated heterocycles. The van der Waals surface area contributed by atoms with E-state index in [0.717, 1.165) is 25.0 Å². The quantitative estimate of drug-likeness (QED) is 0.728. The summed E-state index contributed by atoms with van der Waals surface area (Å²) in [5.74, 6) is 0.774. The van der Waals surface area contributed by atoms with Crippen LogP contribution in [-0.4, -0.2) is 30.6 Å². The highest BCUT2D eigenvalue weighted by Crippen LogP contribution is 2.24. The largest absolute Gasteiger partial charge is 0.311 e. The summed E-state index contributed by atoms with van der Waals surface area (Å²) < 4.78 is 0. The Bertz CT molecular complexity index is 380. The summed E-state index contributed by atoms with van der Waals surface area (Å²) in [5.41, 5.74) is 0. The molecule has 0 aromatic carbocycles. The van der Waals surface area contributed by atoms with Crippen molar-refractivity contribution in [2.75, 3.05) is 19.6 Å². The number of nitrogens with one attached hydrogen (secondary N) is 1. The molecule has 1 saturated carbocycles. The Hall–Kier alpha value is -0.380. The van der Waals surface area contributed by atoms with Crippen molar-refractivity contribution in [1.82, 2.24) is 10.2 Å². The molecule has 0 aliphatic heterocycles. The molecule has 0 amide bonds. The van der Waals surface area contributed by atoms with E-state index >= 15 is 0 Å². The van der Waals surface area contributed by atoms with Gasteiger partial charge in [-0.05, 0) is 37.8 Å². The first-order valence-electron chi connectivity index (χ1n) is 8.15. The number of thiophene rings is 1. The van der Waals surface area contributed by atoms with Crippen LogP contribution in [0, 0.1) is 12.8 Å². The van der Waals surface area contributed by atoms with E-state index < -0.39 is 0 Å². The molecule has 0 atom stereocenters. The van der Waals surface area contributed by atoms with E-state index in [4.69, 9.17) is 0 Å². The van der Waals surface area contributed by atoms with Gasteiger partial charge in [0.15, 0.2) is 0 Å². The van der Waals surface area contributed by atoms with Crippen molar-refractivity contribution >= 4 is 11.3 Å². The second-order valence-corrected chi connectivity index (χ2v) is 7.89. The van der Waals surface area contributed by atoms with Gasteiger partial charge in [0, 0.05) is 42.0 Å². The highest BCUT2D eigenvalue weighted by Gasteiger charge is 2.22. The van der Waals surface area contributed by atoms with Crippen LogP contribution in [0.1, 0.15) is 49.3 Å². The normalized spacial score (nSPS) is 16.6. The molecule has 1 aliphatic rings. The Labute approximate surface area is 128 Å². The lowest BCUT2D eigenvalue weighted by Gasteiger charge is -2.30. The van der Waals surface area contributed by atoms with Gasteiger partial charge in [-0.1, -0.05) is 26.7 Å². The second kappa shape index (κ2) is 8.16. The van der Waals surface area contributed by atoms with Crippen molar-refractivity contribution in [2.45, 2.75) is 59.0 Å². The van der Waals surface area contributed by atoms with Gasteiger partial charge in [0.05, 0.1) is 0 Å². The van der Waals surface area contributed by atoms with E-state index in [1.807, 2.05) is 11.3 Å². The van der Waals surface area contributed by atoms with Gasteiger partial charge in [0.1, 0.15) is 0 Å². The zero-order valence-electron chi connectivity index (χ0n) is 13.3. The summed E-state index contributed by atoms with van der Waals surface area (Å²) in [7, 11) is 0. The third-order valence-corrected chi connectivity index (χ3v) is 5.11. The first kappa shape index (κ1) is 16.0. The topological polar surface area (TPSA) is 15.3 Å². The maximum absolute atomic E-state index is 3.61. The SMILES string of the molecule is Cc1ccc(CNCCN(CC(C)C)C2CCCC2)s1. The van der Waals surface area contributed by atoms with Crippen molar-refractivity contribution in [3.8, 4) is 0 Å². The third kappa shape index (κ3) is 5.19. The van der Waals surface area contributed by atoms with Crippen molar-refractivity contribution in [3.05, 3.63) is 21.9 Å². The summed E-state index contributed by atoms with van der Waals surface area (Å²) in [4.78, 5) is 5.60. The van der Waals surface area contributed by atoms with Gasteiger partial charge in [0.25, 0.3) is 0 Å². The monoisotopic (exact) mass is 294 g/mol. The van der Waals surface area contributed by atoms with Crippen LogP contribution in [0.2, 0.25) is 0 Å². The highest BCUT2D eigenvalue weighted by atomic mass is 32.1. The Kier molecular flexibility index (Phi) is 6.53. The van der Waals surface area contributed by atoms with Crippen LogP contribution in [0.3, 0.4) is 0 Å². The Morgan fingerprint density at radius 2 is 2.05 bits per heavy atom. The number of hydrogen-bond acceptors (Lipinski definition) is 3. The Morgan fingerprint density at radius 3 is 2.65 bits per heavy atom. The molecule has 20 heavy (non-hydrogen) atoms. The zero-order valence-corrected chi connectivity index (χ0v) is 14.1. The number of aryl methyl sites for hydroxylation is 1. The van der Waals surface area contributed by atoms with E-state index in [1.165, 1.54) is 48.5 Å². The lowest BCUT2D eigenvalue weighted by molar-refractivity contribution is 0.177. The van der Waals surface area contributed by atoms with Crippen LogP contribution >= 0.6 is 11.3 Å². The molecule has 1 heterocycles. The fourth-order valence-electron chi connectivity index (χ4n) is 3.18. The minimum absolute atomic E-state index is 0.774. The summed E-state index contributed by atoms with van der Waals surface area (Å²) >= 11 is 1.91. The zero-order chi connectivity index (χ0) is 14.4. The fourth-order valence-corrected chi connectivity index (χ4v) is 4.04. The van der Waals surface area contributed by atoms with Crippen molar-refractivity contribution < 1.29 is 0 Å². The van der Waals surface area contributed by atoms with Gasteiger partial charge >= 0.3 is 0 Å². The molecule has 1 aromatic heterocycles. The molecule has 114 valence electrons. The van der Waals surface area contributed by atoms with Crippen LogP contribution in [0.15, 0.2) is 12.1 Å². The van der Waals surface area contributed by atoms with Gasteiger partial charge < -0.3 is 5.32 Å². The summed E-state index contributed by atoms with van der Waals surface area (Å²) in [6.07, 6.45) is 5.69. The minimum atomic E-state index is 0.774. The Balaban J connectivity index is 1.70. The van der Waals surface area contributed by atoms with E-state index in [2.05, 4.69) is 43.1 Å². The van der Waals surface area contributed by atoms with Crippen LogP contribution in [0.25, 0.3) is 0 Å². The van der Waals surface area contributed by atoms with Crippen LogP contribution in [0.5, 0.6) is 0 Å². The van der Waals surface area contributed by atoms with Gasteiger partial charge in [-0.3, -0.25) is 4.90 Å². The molecule has 1 aliphatic carbocycles. The predicted octanol–water partition coefficient (Wildman–Crippen LogP) is 4.05. The lowest BCUT2D eigenvalue weighted by atomic mass is 10.1. The van der Waals surface area contributed by atoms with E-state index in [-0.39, 0.29) is 0 Å².